The Labute approximate surface area is 153 Å². The number of hydrogen-bond donors (Lipinski definition) is 0. The molecule has 0 aliphatic heterocycles. The number of ketones is 1. The molecule has 0 saturated heterocycles. The van der Waals surface area contributed by atoms with Crippen LogP contribution in [0.3, 0.4) is 0 Å². The Bertz CT molecular complexity index is 979. The zero-order valence-corrected chi connectivity index (χ0v) is 14.8. The van der Waals surface area contributed by atoms with Crippen LogP contribution in [0.1, 0.15) is 34.5 Å². The van der Waals surface area contributed by atoms with Crippen LogP contribution in [-0.4, -0.2) is 25.3 Å². The number of nitrogens with zero attached hydrogens (tertiary/aromatic N) is 4. The van der Waals surface area contributed by atoms with Crippen molar-refractivity contribution in [2.45, 2.75) is 33.0 Å². The zero-order chi connectivity index (χ0) is 19.6. The zero-order valence-electron chi connectivity index (χ0n) is 14.8. The van der Waals surface area contributed by atoms with Gasteiger partial charge in [0.2, 0.25) is 0 Å². The largest absolute Gasteiger partial charge is 0.433 e. The molecule has 0 atom stereocenters. The molecule has 0 N–H and O–H groups in total. The van der Waals surface area contributed by atoms with Gasteiger partial charge in [0.05, 0.1) is 0 Å². The Hall–Kier alpha value is -3.03. The van der Waals surface area contributed by atoms with Gasteiger partial charge in [0.25, 0.3) is 0 Å². The van der Waals surface area contributed by atoms with Crippen molar-refractivity contribution < 1.29 is 18.0 Å². The summed E-state index contributed by atoms with van der Waals surface area (Å²) in [7, 11) is 0. The summed E-state index contributed by atoms with van der Waals surface area (Å²) in [6.07, 6.45) is -0.944. The van der Waals surface area contributed by atoms with E-state index in [4.69, 9.17) is 0 Å². The van der Waals surface area contributed by atoms with Crippen molar-refractivity contribution in [1.29, 1.82) is 0 Å². The molecular weight excluding hydrogens is 357 g/mol. The number of carbonyl (C=O) groups is 1. The molecule has 2 heterocycles. The second-order valence-corrected chi connectivity index (χ2v) is 6.14. The summed E-state index contributed by atoms with van der Waals surface area (Å²) in [6.45, 7) is 3.36. The first-order valence-corrected chi connectivity index (χ1v) is 8.28. The van der Waals surface area contributed by atoms with E-state index in [0.717, 1.165) is 11.6 Å². The van der Waals surface area contributed by atoms with Gasteiger partial charge in [0.15, 0.2) is 5.78 Å². The lowest BCUT2D eigenvalue weighted by Crippen LogP contribution is -2.13. The average molecular weight is 374 g/mol. The van der Waals surface area contributed by atoms with E-state index in [1.54, 1.807) is 35.2 Å². The van der Waals surface area contributed by atoms with Crippen molar-refractivity contribution in [2.24, 2.45) is 0 Å². The molecule has 27 heavy (non-hydrogen) atoms. The van der Waals surface area contributed by atoms with Gasteiger partial charge in [0, 0.05) is 42.2 Å². The molecular formula is C19H17F3N4O. The van der Waals surface area contributed by atoms with Crippen molar-refractivity contribution in [3.63, 3.8) is 0 Å². The van der Waals surface area contributed by atoms with Crippen LogP contribution in [0.15, 0.2) is 42.7 Å². The van der Waals surface area contributed by atoms with Crippen LogP contribution in [0.5, 0.6) is 0 Å². The third-order valence-electron chi connectivity index (χ3n) is 4.01. The van der Waals surface area contributed by atoms with Crippen molar-refractivity contribution in [3.8, 4) is 11.4 Å². The fraction of sp³-hybridized carbons (Fsp3) is 0.263. The fourth-order valence-corrected chi connectivity index (χ4v) is 2.73. The molecule has 0 unspecified atom stereocenters. The fourth-order valence-electron chi connectivity index (χ4n) is 2.73. The molecule has 0 aliphatic carbocycles. The minimum atomic E-state index is -4.50. The number of Topliss-reactive ketones (excluding diaryl/α,β-unsaturated/α-hetero) is 1. The number of aryl methyl sites for hydroxylation is 3. The molecule has 0 aliphatic rings. The highest BCUT2D eigenvalue weighted by molar-refractivity contribution is 5.95. The Morgan fingerprint density at radius 1 is 1.19 bits per heavy atom. The maximum absolute atomic E-state index is 12.9. The third-order valence-corrected chi connectivity index (χ3v) is 4.01. The SMILES string of the molecule is CC(=O)c1cccc(-c2nccn2CCc2nc(C)cc(C(F)(F)F)n2)c1. The van der Waals surface area contributed by atoms with Crippen LogP contribution in [-0.2, 0) is 19.1 Å². The normalized spacial score (nSPS) is 11.6. The molecule has 3 rings (SSSR count). The smallest absolute Gasteiger partial charge is 0.331 e. The minimum Gasteiger partial charge on any atom is -0.331 e. The summed E-state index contributed by atoms with van der Waals surface area (Å²) in [5.41, 5.74) is 0.657. The van der Waals surface area contributed by atoms with Gasteiger partial charge in [-0.1, -0.05) is 18.2 Å². The topological polar surface area (TPSA) is 60.7 Å². The Balaban J connectivity index is 1.83. The lowest BCUT2D eigenvalue weighted by atomic mass is 10.1. The second-order valence-electron chi connectivity index (χ2n) is 6.14. The highest BCUT2D eigenvalue weighted by Crippen LogP contribution is 2.28. The molecule has 8 heteroatoms. The van der Waals surface area contributed by atoms with Crippen molar-refractivity contribution in [2.75, 3.05) is 0 Å². The number of alkyl halides is 3. The highest BCUT2D eigenvalue weighted by atomic mass is 19.4. The van der Waals surface area contributed by atoms with Crippen LogP contribution < -0.4 is 0 Å². The van der Waals surface area contributed by atoms with Crippen LogP contribution in [0.25, 0.3) is 11.4 Å². The van der Waals surface area contributed by atoms with E-state index in [1.165, 1.54) is 13.8 Å². The first-order valence-electron chi connectivity index (χ1n) is 8.28. The minimum absolute atomic E-state index is 0.0530. The van der Waals surface area contributed by atoms with Gasteiger partial charge in [-0.3, -0.25) is 4.79 Å². The van der Waals surface area contributed by atoms with Gasteiger partial charge >= 0.3 is 6.18 Å². The van der Waals surface area contributed by atoms with E-state index in [2.05, 4.69) is 15.0 Å². The van der Waals surface area contributed by atoms with E-state index >= 15 is 0 Å². The van der Waals surface area contributed by atoms with Gasteiger partial charge in [-0.05, 0) is 26.0 Å². The molecule has 0 amide bonds. The first-order chi connectivity index (χ1) is 12.7. The second kappa shape index (κ2) is 7.30. The van der Waals surface area contributed by atoms with Crippen molar-refractivity contribution in [1.82, 2.24) is 19.5 Å². The average Bonchev–Trinajstić information content (AvgIpc) is 3.07. The lowest BCUT2D eigenvalue weighted by Gasteiger charge is -2.11. The predicted molar refractivity (Wildman–Crippen MR) is 93.1 cm³/mol. The summed E-state index contributed by atoms with van der Waals surface area (Å²) in [5.74, 6) is 0.698. The quantitative estimate of drug-likeness (QED) is 0.631. The van der Waals surface area contributed by atoms with Gasteiger partial charge < -0.3 is 4.57 Å². The third kappa shape index (κ3) is 4.39. The maximum Gasteiger partial charge on any atom is 0.433 e. The lowest BCUT2D eigenvalue weighted by molar-refractivity contribution is -0.141. The number of benzene rings is 1. The number of halogens is 3. The molecule has 1 aromatic carbocycles. The van der Waals surface area contributed by atoms with Gasteiger partial charge in [-0.25, -0.2) is 15.0 Å². The van der Waals surface area contributed by atoms with Crippen LogP contribution in [0.4, 0.5) is 13.2 Å². The van der Waals surface area contributed by atoms with Crippen LogP contribution in [0, 0.1) is 6.92 Å². The summed E-state index contributed by atoms with van der Waals surface area (Å²) in [5, 5.41) is 0. The van der Waals surface area contributed by atoms with E-state index in [0.29, 0.717) is 17.9 Å². The Morgan fingerprint density at radius 2 is 1.96 bits per heavy atom. The predicted octanol–water partition coefficient (Wildman–Crippen LogP) is 4.11. The summed E-state index contributed by atoms with van der Waals surface area (Å²) in [4.78, 5) is 23.6. The van der Waals surface area contributed by atoms with E-state index in [-0.39, 0.29) is 23.7 Å². The van der Waals surface area contributed by atoms with Gasteiger partial charge in [-0.15, -0.1) is 0 Å². The maximum atomic E-state index is 12.9. The number of aromatic nitrogens is 4. The Kier molecular flexibility index (Phi) is 5.07. The number of hydrogen-bond acceptors (Lipinski definition) is 4. The van der Waals surface area contributed by atoms with E-state index < -0.39 is 11.9 Å². The van der Waals surface area contributed by atoms with Gasteiger partial charge in [0.1, 0.15) is 17.3 Å². The van der Waals surface area contributed by atoms with Crippen molar-refractivity contribution in [3.05, 3.63) is 65.5 Å². The van der Waals surface area contributed by atoms with Gasteiger partial charge in [-0.2, -0.15) is 13.2 Å². The van der Waals surface area contributed by atoms with E-state index in [1.807, 2.05) is 6.07 Å². The van der Waals surface area contributed by atoms with Crippen LogP contribution in [0.2, 0.25) is 0 Å². The first kappa shape index (κ1) is 18.8. The monoisotopic (exact) mass is 374 g/mol. The molecule has 3 aromatic rings. The molecule has 5 nitrogen and oxygen atoms in total. The highest BCUT2D eigenvalue weighted by Gasteiger charge is 2.33. The molecule has 0 spiro atoms. The summed E-state index contributed by atoms with van der Waals surface area (Å²) in [6, 6.07) is 7.99. The molecule has 140 valence electrons. The standard InChI is InChI=1S/C19H17F3N4O/c1-12-10-16(19(20,21)22)25-17(24-12)6-8-26-9-7-23-18(26)15-5-3-4-14(11-15)13(2)27/h3-5,7,9-11H,6,8H2,1-2H3. The number of imidazole rings is 1. The molecule has 2 aromatic heterocycles. The Morgan fingerprint density at radius 3 is 2.67 bits per heavy atom. The summed E-state index contributed by atoms with van der Waals surface area (Å²) < 4.78 is 40.6. The molecule has 0 radical (unpaired) electrons. The molecule has 0 bridgehead atoms. The van der Waals surface area contributed by atoms with E-state index in [9.17, 15) is 18.0 Å². The number of rotatable bonds is 5. The van der Waals surface area contributed by atoms with Crippen LogP contribution >= 0.6 is 0 Å². The number of carbonyl (C=O) groups excluding carboxylic acids is 1. The van der Waals surface area contributed by atoms with Crippen molar-refractivity contribution >= 4 is 5.78 Å². The summed E-state index contributed by atoms with van der Waals surface area (Å²) >= 11 is 0. The molecule has 0 fully saturated rings. The molecule has 0 saturated carbocycles.